The highest BCUT2D eigenvalue weighted by molar-refractivity contribution is 6.20. The van der Waals surface area contributed by atoms with Crippen molar-refractivity contribution < 1.29 is 4.42 Å². The molecule has 0 amide bonds. The second-order valence-corrected chi connectivity index (χ2v) is 18.0. The highest BCUT2D eigenvalue weighted by Gasteiger charge is 2.24. The molecule has 0 atom stereocenters. The first-order valence-electron chi connectivity index (χ1n) is 23.7. The molecule has 0 radical (unpaired) electrons. The highest BCUT2D eigenvalue weighted by atomic mass is 16.3. The summed E-state index contributed by atoms with van der Waals surface area (Å²) in [7, 11) is 0. The third-order valence-electron chi connectivity index (χ3n) is 14.2. The molecule has 0 fully saturated rings. The number of nitrogens with zero attached hydrogens (tertiary/aromatic N) is 2. The lowest BCUT2D eigenvalue weighted by Gasteiger charge is -2.27. The molecule has 14 aromatic rings. The van der Waals surface area contributed by atoms with E-state index in [9.17, 15) is 0 Å². The van der Waals surface area contributed by atoms with E-state index in [1.54, 1.807) is 0 Å². The summed E-state index contributed by atoms with van der Waals surface area (Å²) in [5.74, 6) is 0. The number of hydrogen-bond donors (Lipinski definition) is 0. The van der Waals surface area contributed by atoms with Gasteiger partial charge in [0, 0.05) is 38.5 Å². The number of aromatic nitrogens is 1. The van der Waals surface area contributed by atoms with E-state index < -0.39 is 0 Å². The minimum Gasteiger partial charge on any atom is -0.455 e. The molecule has 0 bridgehead atoms. The molecule has 3 heteroatoms. The van der Waals surface area contributed by atoms with Crippen molar-refractivity contribution in [3.05, 3.63) is 255 Å². The number of hydrogen-bond acceptors (Lipinski definition) is 2. The fourth-order valence-corrected chi connectivity index (χ4v) is 11.1. The van der Waals surface area contributed by atoms with E-state index in [-0.39, 0.29) is 0 Å². The topological polar surface area (TPSA) is 21.3 Å². The van der Waals surface area contributed by atoms with Gasteiger partial charge >= 0.3 is 0 Å². The van der Waals surface area contributed by atoms with Crippen molar-refractivity contribution >= 4 is 93.1 Å². The largest absolute Gasteiger partial charge is 0.455 e. The number of benzene rings is 12. The first kappa shape index (κ1) is 39.0. The van der Waals surface area contributed by atoms with Crippen LogP contribution in [0.4, 0.5) is 17.1 Å². The Morgan fingerprint density at radius 3 is 1.67 bits per heavy atom. The van der Waals surface area contributed by atoms with Crippen LogP contribution in [-0.4, -0.2) is 4.57 Å². The number of furan rings is 1. The third kappa shape index (κ3) is 6.21. The van der Waals surface area contributed by atoms with Crippen LogP contribution in [0.25, 0.3) is 115 Å². The Balaban J connectivity index is 1.00. The van der Waals surface area contributed by atoms with Crippen LogP contribution in [0.2, 0.25) is 0 Å². The molecule has 0 N–H and O–H groups in total. The Morgan fingerprint density at radius 1 is 0.319 bits per heavy atom. The average molecular weight is 879 g/mol. The Labute approximate surface area is 399 Å². The van der Waals surface area contributed by atoms with Crippen LogP contribution in [0.5, 0.6) is 0 Å². The van der Waals surface area contributed by atoms with Gasteiger partial charge in [-0.2, -0.15) is 0 Å². The van der Waals surface area contributed by atoms with E-state index in [1.807, 2.05) is 0 Å². The molecule has 0 saturated carbocycles. The van der Waals surface area contributed by atoms with Crippen molar-refractivity contribution in [1.82, 2.24) is 4.57 Å². The fourth-order valence-electron chi connectivity index (χ4n) is 11.1. The van der Waals surface area contributed by atoms with E-state index in [0.29, 0.717) is 0 Å². The smallest absolute Gasteiger partial charge is 0.145 e. The lowest BCUT2D eigenvalue weighted by atomic mass is 9.95. The zero-order valence-corrected chi connectivity index (χ0v) is 37.6. The van der Waals surface area contributed by atoms with Crippen LogP contribution < -0.4 is 4.90 Å². The van der Waals surface area contributed by atoms with Crippen molar-refractivity contribution in [1.29, 1.82) is 0 Å². The second-order valence-electron chi connectivity index (χ2n) is 18.0. The lowest BCUT2D eigenvalue weighted by Crippen LogP contribution is -2.10. The van der Waals surface area contributed by atoms with Crippen molar-refractivity contribution in [2.45, 2.75) is 0 Å². The first-order valence-corrected chi connectivity index (χ1v) is 23.7. The van der Waals surface area contributed by atoms with Gasteiger partial charge in [0.2, 0.25) is 0 Å². The lowest BCUT2D eigenvalue weighted by molar-refractivity contribution is 0.670. The summed E-state index contributed by atoms with van der Waals surface area (Å²) >= 11 is 0. The zero-order chi connectivity index (χ0) is 45.4. The summed E-state index contributed by atoms with van der Waals surface area (Å²) in [5, 5.41) is 11.9. The molecule has 0 saturated heterocycles. The fraction of sp³-hybridized carbons (Fsp3) is 0. The maximum atomic E-state index is 6.99. The molecule has 14 rings (SSSR count). The van der Waals surface area contributed by atoms with Gasteiger partial charge in [0.1, 0.15) is 11.2 Å². The Morgan fingerprint density at radius 2 is 0.884 bits per heavy atom. The third-order valence-corrected chi connectivity index (χ3v) is 14.2. The minimum atomic E-state index is 0.857. The van der Waals surface area contributed by atoms with Crippen LogP contribution >= 0.6 is 0 Å². The van der Waals surface area contributed by atoms with E-state index in [1.165, 1.54) is 76.5 Å². The Kier molecular flexibility index (Phi) is 8.90. The SMILES string of the molecule is c1cc(-c2cccc3c2c2ccccc2n3-c2cccc3ccccc23)cc(N(c2ccc(-c3cccc4ccccc34)cc2)c2ccc(-c3cccc4ccccc34)c3oc4ccccc4c23)c1. The number of para-hydroxylation sites is 2. The molecule has 3 nitrogen and oxygen atoms in total. The summed E-state index contributed by atoms with van der Waals surface area (Å²) in [5.41, 5.74) is 15.3. The molecular formula is C66H42N2O. The van der Waals surface area contributed by atoms with E-state index >= 15 is 0 Å². The van der Waals surface area contributed by atoms with Gasteiger partial charge in [-0.3, -0.25) is 0 Å². The van der Waals surface area contributed by atoms with Crippen molar-refractivity contribution in [2.75, 3.05) is 4.90 Å². The van der Waals surface area contributed by atoms with E-state index in [4.69, 9.17) is 4.42 Å². The Bertz CT molecular complexity index is 4310. The van der Waals surface area contributed by atoms with Crippen LogP contribution in [-0.2, 0) is 0 Å². The van der Waals surface area contributed by atoms with Gasteiger partial charge in [-0.15, -0.1) is 0 Å². The standard InChI is InChI=1S/C66H42N2O/c1-4-24-50-43(16-1)19-12-29-51(50)46-36-38-48(39-37-46)67(62-41-40-56(55-31-13-20-44-17-2-5-25-52(44)55)66-65(62)58-28-8-10-35-63(58)69-66)49-23-11-22-47(42-49)54-30-15-34-61-64(54)57-27-7-9-32-60(57)68(61)59-33-14-21-45-18-3-6-26-53(45)59/h1-42H. The summed E-state index contributed by atoms with van der Waals surface area (Å²) in [4.78, 5) is 2.42. The van der Waals surface area contributed by atoms with Crippen LogP contribution in [0.3, 0.4) is 0 Å². The predicted octanol–water partition coefficient (Wildman–Crippen LogP) is 18.6. The molecule has 322 valence electrons. The van der Waals surface area contributed by atoms with Gasteiger partial charge in [-0.05, 0) is 115 Å². The van der Waals surface area contributed by atoms with Crippen LogP contribution in [0.1, 0.15) is 0 Å². The molecule has 0 spiro atoms. The van der Waals surface area contributed by atoms with E-state index in [0.717, 1.165) is 55.7 Å². The van der Waals surface area contributed by atoms with Crippen LogP contribution in [0, 0.1) is 0 Å². The van der Waals surface area contributed by atoms with Crippen LogP contribution in [0.15, 0.2) is 259 Å². The quantitative estimate of drug-likeness (QED) is 0.159. The average Bonchev–Trinajstić information content (AvgIpc) is 3.98. The van der Waals surface area contributed by atoms with Gasteiger partial charge in [-0.1, -0.05) is 194 Å². The summed E-state index contributed by atoms with van der Waals surface area (Å²) in [6.45, 7) is 0. The predicted molar refractivity (Wildman–Crippen MR) is 292 cm³/mol. The zero-order valence-electron chi connectivity index (χ0n) is 37.6. The van der Waals surface area contributed by atoms with Crippen molar-refractivity contribution in [3.63, 3.8) is 0 Å². The summed E-state index contributed by atoms with van der Waals surface area (Å²) in [6, 6.07) is 92.4. The molecule has 12 aromatic carbocycles. The first-order chi connectivity index (χ1) is 34.2. The molecule has 0 aliphatic carbocycles. The number of anilines is 3. The highest BCUT2D eigenvalue weighted by Crippen LogP contribution is 2.48. The maximum Gasteiger partial charge on any atom is 0.145 e. The van der Waals surface area contributed by atoms with Gasteiger partial charge < -0.3 is 13.9 Å². The van der Waals surface area contributed by atoms with Crippen molar-refractivity contribution in [2.24, 2.45) is 0 Å². The number of rotatable bonds is 7. The Hall–Kier alpha value is -9.18. The van der Waals surface area contributed by atoms with Gasteiger partial charge in [-0.25, -0.2) is 0 Å². The van der Waals surface area contributed by atoms with Crippen molar-refractivity contribution in [3.8, 4) is 39.1 Å². The van der Waals surface area contributed by atoms with Gasteiger partial charge in [0.05, 0.1) is 27.8 Å². The summed E-state index contributed by atoms with van der Waals surface area (Å²) < 4.78 is 9.43. The maximum absolute atomic E-state index is 6.99. The molecule has 69 heavy (non-hydrogen) atoms. The number of fused-ring (bicyclic) bond motifs is 9. The molecule has 2 aromatic heterocycles. The second kappa shape index (κ2) is 15.7. The molecule has 2 heterocycles. The monoisotopic (exact) mass is 878 g/mol. The molecule has 0 aliphatic heterocycles. The normalized spacial score (nSPS) is 11.8. The van der Waals surface area contributed by atoms with E-state index in [2.05, 4.69) is 264 Å². The van der Waals surface area contributed by atoms with Gasteiger partial charge in [0.15, 0.2) is 0 Å². The minimum absolute atomic E-state index is 0.857. The molecule has 0 unspecified atom stereocenters. The van der Waals surface area contributed by atoms with Gasteiger partial charge in [0.25, 0.3) is 0 Å². The molecule has 0 aliphatic rings. The molecular weight excluding hydrogens is 837 g/mol. The summed E-state index contributed by atoms with van der Waals surface area (Å²) in [6.07, 6.45) is 0.